The van der Waals surface area contributed by atoms with Gasteiger partial charge in [-0.2, -0.15) is 9.61 Å². The Balaban J connectivity index is 1.37. The predicted octanol–water partition coefficient (Wildman–Crippen LogP) is 1.57. The molecule has 0 aliphatic carbocycles. The quantitative estimate of drug-likeness (QED) is 0.665. The first kappa shape index (κ1) is 15.5. The minimum Gasteiger partial charge on any atom is -0.356 e. The lowest BCUT2D eigenvalue weighted by Crippen LogP contribution is -2.25. The zero-order valence-electron chi connectivity index (χ0n) is 12.9. The molecular weight excluding hydrogens is 312 g/mol. The van der Waals surface area contributed by atoms with Gasteiger partial charge < -0.3 is 5.32 Å². The summed E-state index contributed by atoms with van der Waals surface area (Å²) >= 11 is 1.48. The Bertz CT molecular complexity index is 782. The fourth-order valence-corrected chi connectivity index (χ4v) is 3.11. The highest BCUT2D eigenvalue weighted by Gasteiger charge is 2.10. The Kier molecular flexibility index (Phi) is 4.92. The minimum atomic E-state index is 0.0545. The molecule has 23 heavy (non-hydrogen) atoms. The number of nitrogens with zero attached hydrogens (tertiary/aromatic N) is 5. The van der Waals surface area contributed by atoms with Crippen molar-refractivity contribution in [2.24, 2.45) is 0 Å². The number of carbonyl (C=O) groups is 1. The van der Waals surface area contributed by atoms with E-state index in [1.807, 2.05) is 25.3 Å². The minimum absolute atomic E-state index is 0.0545. The Morgan fingerprint density at radius 3 is 3.04 bits per heavy atom. The highest BCUT2D eigenvalue weighted by atomic mass is 32.1. The Hall–Kier alpha value is -2.35. The number of carbonyl (C=O) groups excluding carboxylic acids is 1. The topological polar surface area (TPSA) is 85.1 Å². The highest BCUT2D eigenvalue weighted by molar-refractivity contribution is 7.16. The van der Waals surface area contributed by atoms with Crippen LogP contribution in [0.25, 0.3) is 4.96 Å². The summed E-state index contributed by atoms with van der Waals surface area (Å²) in [4.78, 5) is 16.7. The zero-order chi connectivity index (χ0) is 16.1. The van der Waals surface area contributed by atoms with Crippen molar-refractivity contribution in [2.75, 3.05) is 6.54 Å². The van der Waals surface area contributed by atoms with Crippen LogP contribution in [0, 0.1) is 6.92 Å². The molecule has 0 spiro atoms. The first-order chi connectivity index (χ1) is 11.2. The molecule has 3 heterocycles. The van der Waals surface area contributed by atoms with Crippen LogP contribution in [0.4, 0.5) is 0 Å². The molecule has 0 unspecified atom stereocenters. The van der Waals surface area contributed by atoms with Crippen LogP contribution >= 0.6 is 11.3 Å². The SMILES string of the molecule is Cc1nnc2sc(CCC(=O)NCCCc3cccnc3)nn12. The van der Waals surface area contributed by atoms with E-state index in [2.05, 4.69) is 25.6 Å². The molecule has 0 aromatic carbocycles. The number of aryl methyl sites for hydroxylation is 3. The third kappa shape index (κ3) is 4.10. The first-order valence-corrected chi connectivity index (χ1v) is 8.37. The first-order valence-electron chi connectivity index (χ1n) is 7.56. The molecule has 3 rings (SSSR count). The fourth-order valence-electron chi connectivity index (χ4n) is 2.23. The van der Waals surface area contributed by atoms with Crippen LogP contribution in [0.1, 0.15) is 29.2 Å². The molecule has 0 atom stereocenters. The van der Waals surface area contributed by atoms with Gasteiger partial charge in [-0.05, 0) is 31.4 Å². The molecule has 120 valence electrons. The smallest absolute Gasteiger partial charge is 0.234 e. The van der Waals surface area contributed by atoms with Crippen LogP contribution in [-0.2, 0) is 17.6 Å². The molecular formula is C15H18N6OS. The normalized spacial score (nSPS) is 11.0. The van der Waals surface area contributed by atoms with Crippen molar-refractivity contribution in [3.05, 3.63) is 40.9 Å². The molecule has 0 fully saturated rings. The van der Waals surface area contributed by atoms with Crippen LogP contribution in [0.3, 0.4) is 0 Å². The molecule has 1 N–H and O–H groups in total. The lowest BCUT2D eigenvalue weighted by Gasteiger charge is -2.04. The highest BCUT2D eigenvalue weighted by Crippen LogP contribution is 2.14. The maximum atomic E-state index is 11.9. The van der Waals surface area contributed by atoms with Gasteiger partial charge in [-0.15, -0.1) is 10.2 Å². The summed E-state index contributed by atoms with van der Waals surface area (Å²) in [5.74, 6) is 0.821. The van der Waals surface area contributed by atoms with Gasteiger partial charge in [0.15, 0.2) is 5.82 Å². The number of pyridine rings is 1. The largest absolute Gasteiger partial charge is 0.356 e. The predicted molar refractivity (Wildman–Crippen MR) is 87.3 cm³/mol. The van der Waals surface area contributed by atoms with Crippen molar-refractivity contribution in [2.45, 2.75) is 32.6 Å². The summed E-state index contributed by atoms with van der Waals surface area (Å²) < 4.78 is 1.71. The monoisotopic (exact) mass is 330 g/mol. The summed E-state index contributed by atoms with van der Waals surface area (Å²) in [5, 5.41) is 16.2. The van der Waals surface area contributed by atoms with E-state index in [9.17, 15) is 4.79 Å². The van der Waals surface area contributed by atoms with E-state index < -0.39 is 0 Å². The molecule has 0 aliphatic rings. The molecule has 3 aromatic rings. The summed E-state index contributed by atoms with van der Waals surface area (Å²) in [6.07, 6.45) is 6.52. The second-order valence-electron chi connectivity index (χ2n) is 5.25. The van der Waals surface area contributed by atoms with Crippen molar-refractivity contribution in [3.63, 3.8) is 0 Å². The van der Waals surface area contributed by atoms with Gasteiger partial charge in [0.2, 0.25) is 10.9 Å². The third-order valence-electron chi connectivity index (χ3n) is 3.44. The van der Waals surface area contributed by atoms with Crippen molar-refractivity contribution >= 4 is 22.2 Å². The molecule has 1 amide bonds. The van der Waals surface area contributed by atoms with Gasteiger partial charge >= 0.3 is 0 Å². The number of hydrogen-bond donors (Lipinski definition) is 1. The number of hydrogen-bond acceptors (Lipinski definition) is 6. The molecule has 0 bridgehead atoms. The van der Waals surface area contributed by atoms with Crippen molar-refractivity contribution in [1.29, 1.82) is 0 Å². The van der Waals surface area contributed by atoms with Crippen molar-refractivity contribution < 1.29 is 4.79 Å². The molecule has 7 nitrogen and oxygen atoms in total. The van der Waals surface area contributed by atoms with E-state index in [0.717, 1.165) is 28.6 Å². The van der Waals surface area contributed by atoms with Gasteiger partial charge in [0.25, 0.3) is 0 Å². The Labute approximate surface area is 137 Å². The summed E-state index contributed by atoms with van der Waals surface area (Å²) in [6, 6.07) is 3.97. The van der Waals surface area contributed by atoms with Crippen LogP contribution in [0.5, 0.6) is 0 Å². The lowest BCUT2D eigenvalue weighted by molar-refractivity contribution is -0.121. The van der Waals surface area contributed by atoms with Gasteiger partial charge in [-0.25, -0.2) is 0 Å². The van der Waals surface area contributed by atoms with E-state index in [1.165, 1.54) is 16.9 Å². The van der Waals surface area contributed by atoms with Crippen LogP contribution < -0.4 is 5.32 Å². The second-order valence-corrected chi connectivity index (χ2v) is 6.29. The van der Waals surface area contributed by atoms with Crippen LogP contribution in [0.15, 0.2) is 24.5 Å². The number of amides is 1. The van der Waals surface area contributed by atoms with Crippen LogP contribution in [-0.4, -0.2) is 37.2 Å². The summed E-state index contributed by atoms with van der Waals surface area (Å²) in [7, 11) is 0. The van der Waals surface area contributed by atoms with Gasteiger partial charge in [-0.1, -0.05) is 17.4 Å². The van der Waals surface area contributed by atoms with Gasteiger partial charge in [-0.3, -0.25) is 9.78 Å². The molecule has 0 saturated heterocycles. The molecule has 0 radical (unpaired) electrons. The number of rotatable bonds is 7. The molecule has 8 heteroatoms. The standard InChI is InChI=1S/C15H18N6OS/c1-11-18-19-15-21(11)20-14(23-15)7-6-13(22)17-9-3-5-12-4-2-8-16-10-12/h2,4,8,10H,3,5-7,9H2,1H3,(H,17,22). The van der Waals surface area contributed by atoms with Crippen molar-refractivity contribution in [1.82, 2.24) is 30.1 Å². The van der Waals surface area contributed by atoms with Crippen molar-refractivity contribution in [3.8, 4) is 0 Å². The molecule has 0 aliphatic heterocycles. The third-order valence-corrected chi connectivity index (χ3v) is 4.40. The molecule has 3 aromatic heterocycles. The maximum absolute atomic E-state index is 11.9. The van der Waals surface area contributed by atoms with Gasteiger partial charge in [0.1, 0.15) is 5.01 Å². The van der Waals surface area contributed by atoms with E-state index in [-0.39, 0.29) is 5.91 Å². The average molecular weight is 330 g/mol. The van der Waals surface area contributed by atoms with E-state index in [4.69, 9.17) is 0 Å². The lowest BCUT2D eigenvalue weighted by atomic mass is 10.1. The fraction of sp³-hybridized carbons (Fsp3) is 0.400. The van der Waals surface area contributed by atoms with E-state index in [1.54, 1.807) is 10.7 Å². The average Bonchev–Trinajstić information content (AvgIpc) is 3.13. The van der Waals surface area contributed by atoms with Crippen LogP contribution in [0.2, 0.25) is 0 Å². The van der Waals surface area contributed by atoms with E-state index >= 15 is 0 Å². The Morgan fingerprint density at radius 1 is 1.35 bits per heavy atom. The Morgan fingerprint density at radius 2 is 2.26 bits per heavy atom. The van der Waals surface area contributed by atoms with Gasteiger partial charge in [0, 0.05) is 31.8 Å². The number of aromatic nitrogens is 5. The van der Waals surface area contributed by atoms with Gasteiger partial charge in [0.05, 0.1) is 0 Å². The zero-order valence-corrected chi connectivity index (χ0v) is 13.7. The number of fused-ring (bicyclic) bond motifs is 1. The maximum Gasteiger partial charge on any atom is 0.234 e. The summed E-state index contributed by atoms with van der Waals surface area (Å²) in [6.45, 7) is 2.54. The van der Waals surface area contributed by atoms with E-state index in [0.29, 0.717) is 19.4 Å². The molecule has 0 saturated carbocycles. The second kappa shape index (κ2) is 7.28. The number of nitrogens with one attached hydrogen (secondary N) is 1. The summed E-state index contributed by atoms with van der Waals surface area (Å²) in [5.41, 5.74) is 1.19.